The largest absolute Gasteiger partial charge is 0.756 e. The molecule has 0 aliphatic heterocycles. The first-order valence-electron chi connectivity index (χ1n) is 7.36. The second-order valence-electron chi connectivity index (χ2n) is 5.91. The highest BCUT2D eigenvalue weighted by Crippen LogP contribution is 2.38. The number of hydrogen-bond acceptors (Lipinski definition) is 6. The normalized spacial score (nSPS) is 14.4. The van der Waals surface area contributed by atoms with Crippen LogP contribution in [-0.2, 0) is 23.1 Å². The third-order valence-corrected chi connectivity index (χ3v) is 3.67. The van der Waals surface area contributed by atoms with Gasteiger partial charge >= 0.3 is 5.97 Å². The van der Waals surface area contributed by atoms with E-state index in [1.54, 1.807) is 0 Å². The first-order chi connectivity index (χ1) is 10.2. The van der Waals surface area contributed by atoms with E-state index in [0.29, 0.717) is 19.3 Å². The average molecular weight is 337 g/mol. The Morgan fingerprint density at radius 2 is 1.59 bits per heavy atom. The molecular weight excluding hydrogens is 309 g/mol. The highest BCUT2D eigenvalue weighted by Gasteiger charge is 2.10. The summed E-state index contributed by atoms with van der Waals surface area (Å²) in [5, 5.41) is 0. The van der Waals surface area contributed by atoms with Crippen molar-refractivity contribution in [3.05, 3.63) is 12.7 Å². The number of phosphoric acid groups is 1. The monoisotopic (exact) mass is 337 g/mol. The maximum atomic E-state index is 11.5. The molecule has 0 aromatic rings. The molecule has 22 heavy (non-hydrogen) atoms. The molecule has 0 saturated carbocycles. The van der Waals surface area contributed by atoms with Crippen LogP contribution in [0.5, 0.6) is 0 Å². The van der Waals surface area contributed by atoms with E-state index in [4.69, 9.17) is 13.8 Å². The Morgan fingerprint density at radius 3 is 2.09 bits per heavy atom. The van der Waals surface area contributed by atoms with Gasteiger partial charge in [0, 0.05) is 6.08 Å². The third kappa shape index (κ3) is 14.2. The van der Waals surface area contributed by atoms with Crippen molar-refractivity contribution in [2.75, 3.05) is 47.5 Å². The number of carbonyl (C=O) groups is 1. The van der Waals surface area contributed by atoms with Crippen LogP contribution in [0.3, 0.4) is 0 Å². The van der Waals surface area contributed by atoms with Crippen LogP contribution in [0.25, 0.3) is 0 Å². The van der Waals surface area contributed by atoms with Gasteiger partial charge in [0.15, 0.2) is 0 Å². The van der Waals surface area contributed by atoms with Crippen LogP contribution in [0.2, 0.25) is 0 Å². The number of phosphoric ester groups is 1. The lowest BCUT2D eigenvalue weighted by molar-refractivity contribution is -0.870. The van der Waals surface area contributed by atoms with Gasteiger partial charge in [-0.1, -0.05) is 6.58 Å². The zero-order valence-corrected chi connectivity index (χ0v) is 14.7. The molecule has 0 saturated heterocycles. The summed E-state index contributed by atoms with van der Waals surface area (Å²) in [6, 6.07) is 0. The van der Waals surface area contributed by atoms with Crippen molar-refractivity contribution < 1.29 is 32.5 Å². The number of esters is 1. The van der Waals surface area contributed by atoms with E-state index in [2.05, 4.69) is 27.7 Å². The van der Waals surface area contributed by atoms with E-state index in [0.717, 1.165) is 23.5 Å². The molecule has 130 valence electrons. The van der Waals surface area contributed by atoms with Crippen LogP contribution < -0.4 is 4.89 Å². The number of nitrogens with zero attached hydrogens (tertiary/aromatic N) is 1. The SMILES string of the molecule is C=CC(=O)OCCCCOP(=O)([O-])OCCCC[N+](C)(C)C. The zero-order chi connectivity index (χ0) is 17.1. The second-order valence-corrected chi connectivity index (χ2v) is 7.32. The summed E-state index contributed by atoms with van der Waals surface area (Å²) in [7, 11) is 2.01. The summed E-state index contributed by atoms with van der Waals surface area (Å²) in [4.78, 5) is 22.2. The van der Waals surface area contributed by atoms with Crippen molar-refractivity contribution in [1.82, 2.24) is 0 Å². The third-order valence-electron chi connectivity index (χ3n) is 2.67. The second kappa shape index (κ2) is 10.9. The number of hydrogen-bond donors (Lipinski definition) is 0. The van der Waals surface area contributed by atoms with Crippen molar-refractivity contribution in [2.45, 2.75) is 25.7 Å². The number of ether oxygens (including phenoxy) is 1. The Labute approximate surface area is 133 Å². The van der Waals surface area contributed by atoms with Crippen LogP contribution in [-0.4, -0.2) is 58.0 Å². The molecule has 0 N–H and O–H groups in total. The summed E-state index contributed by atoms with van der Waals surface area (Å²) < 4.78 is 26.5. The maximum absolute atomic E-state index is 11.5. The lowest BCUT2D eigenvalue weighted by Crippen LogP contribution is -2.35. The highest BCUT2D eigenvalue weighted by molar-refractivity contribution is 7.45. The number of unbranched alkanes of at least 4 members (excludes halogenated alkanes) is 2. The van der Waals surface area contributed by atoms with Gasteiger partial charge in [0.05, 0.1) is 47.5 Å². The zero-order valence-electron chi connectivity index (χ0n) is 13.8. The minimum absolute atomic E-state index is 0.0191. The number of carbonyl (C=O) groups excluding carboxylic acids is 1. The molecular formula is C14H28NO6P. The quantitative estimate of drug-likeness (QED) is 0.166. The van der Waals surface area contributed by atoms with Gasteiger partial charge in [-0.3, -0.25) is 4.57 Å². The predicted octanol–water partition coefficient (Wildman–Crippen LogP) is 1.48. The molecule has 0 aliphatic carbocycles. The summed E-state index contributed by atoms with van der Waals surface area (Å²) in [5.74, 6) is -0.493. The van der Waals surface area contributed by atoms with Crippen molar-refractivity contribution >= 4 is 13.8 Å². The molecule has 8 heteroatoms. The van der Waals surface area contributed by atoms with Crippen molar-refractivity contribution in [1.29, 1.82) is 0 Å². The van der Waals surface area contributed by atoms with E-state index in [1.165, 1.54) is 0 Å². The fourth-order valence-corrected chi connectivity index (χ4v) is 2.29. The van der Waals surface area contributed by atoms with E-state index in [-0.39, 0.29) is 19.8 Å². The van der Waals surface area contributed by atoms with Gasteiger partial charge in [-0.25, -0.2) is 4.79 Å². The molecule has 0 amide bonds. The lowest BCUT2D eigenvalue weighted by atomic mass is 10.3. The Balaban J connectivity index is 3.59. The van der Waals surface area contributed by atoms with Crippen LogP contribution in [0, 0.1) is 0 Å². The van der Waals surface area contributed by atoms with E-state index in [9.17, 15) is 14.3 Å². The van der Waals surface area contributed by atoms with E-state index >= 15 is 0 Å². The fraction of sp³-hybridized carbons (Fsp3) is 0.786. The first kappa shape index (κ1) is 21.3. The molecule has 0 fully saturated rings. The minimum atomic E-state index is -4.23. The van der Waals surface area contributed by atoms with Crippen LogP contribution >= 0.6 is 7.82 Å². The smallest absolute Gasteiger partial charge is 0.330 e. The molecule has 0 heterocycles. The van der Waals surface area contributed by atoms with Gasteiger partial charge in [0.1, 0.15) is 0 Å². The molecule has 0 aromatic carbocycles. The number of quaternary nitrogens is 1. The molecule has 0 spiro atoms. The van der Waals surface area contributed by atoms with Gasteiger partial charge in [0.25, 0.3) is 7.82 Å². The van der Waals surface area contributed by atoms with Gasteiger partial charge < -0.3 is 23.2 Å². The molecule has 0 aliphatic rings. The highest BCUT2D eigenvalue weighted by atomic mass is 31.2. The first-order valence-corrected chi connectivity index (χ1v) is 8.82. The molecule has 0 radical (unpaired) electrons. The molecule has 0 rings (SSSR count). The molecule has 0 aromatic heterocycles. The van der Waals surface area contributed by atoms with Gasteiger partial charge in [-0.15, -0.1) is 0 Å². The van der Waals surface area contributed by atoms with Crippen LogP contribution in [0.1, 0.15) is 25.7 Å². The van der Waals surface area contributed by atoms with E-state index in [1.807, 2.05) is 0 Å². The van der Waals surface area contributed by atoms with Crippen LogP contribution in [0.15, 0.2) is 12.7 Å². The van der Waals surface area contributed by atoms with Gasteiger partial charge in [-0.2, -0.15) is 0 Å². The van der Waals surface area contributed by atoms with Crippen molar-refractivity contribution in [2.24, 2.45) is 0 Å². The lowest BCUT2D eigenvalue weighted by Gasteiger charge is -2.25. The van der Waals surface area contributed by atoms with Crippen molar-refractivity contribution in [3.8, 4) is 0 Å². The van der Waals surface area contributed by atoms with Gasteiger partial charge in [0.2, 0.25) is 0 Å². The van der Waals surface area contributed by atoms with Crippen LogP contribution in [0.4, 0.5) is 0 Å². The Morgan fingerprint density at radius 1 is 1.09 bits per heavy atom. The molecule has 1 unspecified atom stereocenters. The number of rotatable bonds is 13. The summed E-state index contributed by atoms with van der Waals surface area (Å²) in [6.45, 7) is 4.59. The topological polar surface area (TPSA) is 84.9 Å². The molecule has 7 nitrogen and oxygen atoms in total. The average Bonchev–Trinajstić information content (AvgIpc) is 2.40. The van der Waals surface area contributed by atoms with Crippen molar-refractivity contribution in [3.63, 3.8) is 0 Å². The summed E-state index contributed by atoms with van der Waals surface area (Å²) in [6.07, 6.45) is 3.61. The van der Waals surface area contributed by atoms with Gasteiger partial charge in [-0.05, 0) is 25.7 Å². The minimum Gasteiger partial charge on any atom is -0.756 e. The summed E-state index contributed by atoms with van der Waals surface area (Å²) in [5.41, 5.74) is 0. The molecule has 0 bridgehead atoms. The summed E-state index contributed by atoms with van der Waals surface area (Å²) >= 11 is 0. The Kier molecular flexibility index (Phi) is 10.6. The standard InChI is InChI=1S/C14H28NO6P/c1-5-14(16)19-11-8-9-13-21-22(17,18)20-12-7-6-10-15(2,3)4/h5H,1,6-13H2,2-4H3. The Hall–Kier alpha value is -0.720. The Bertz CT molecular complexity index is 380. The predicted molar refractivity (Wildman–Crippen MR) is 82.0 cm³/mol. The maximum Gasteiger partial charge on any atom is 0.330 e. The fourth-order valence-electron chi connectivity index (χ4n) is 1.51. The molecule has 1 atom stereocenters. The van der Waals surface area contributed by atoms with E-state index < -0.39 is 13.8 Å².